The van der Waals surface area contributed by atoms with Gasteiger partial charge in [0, 0.05) is 4.70 Å². The maximum absolute atomic E-state index is 11.1. The summed E-state index contributed by atoms with van der Waals surface area (Å²) in [7, 11) is 1.37. The van der Waals surface area contributed by atoms with Gasteiger partial charge in [-0.1, -0.05) is 0 Å². The molecule has 15 heavy (non-hydrogen) atoms. The fourth-order valence-electron chi connectivity index (χ4n) is 1.43. The van der Waals surface area contributed by atoms with Gasteiger partial charge in [-0.15, -0.1) is 11.3 Å². The van der Waals surface area contributed by atoms with Crippen LogP contribution in [-0.4, -0.2) is 18.2 Å². The minimum atomic E-state index is -0.266. The number of ether oxygens (including phenoxy) is 1. The highest BCUT2D eigenvalue weighted by Crippen LogP contribution is 2.29. The van der Waals surface area contributed by atoms with Gasteiger partial charge < -0.3 is 9.84 Å². The molecule has 0 spiro atoms. The molecule has 0 atom stereocenters. The molecule has 1 heterocycles. The van der Waals surface area contributed by atoms with E-state index in [1.165, 1.54) is 7.11 Å². The van der Waals surface area contributed by atoms with E-state index in [0.717, 1.165) is 15.6 Å². The molecule has 0 amide bonds. The van der Waals surface area contributed by atoms with Crippen molar-refractivity contribution in [3.05, 3.63) is 29.1 Å². The van der Waals surface area contributed by atoms with Crippen molar-refractivity contribution in [2.75, 3.05) is 7.11 Å². The van der Waals surface area contributed by atoms with Crippen molar-refractivity contribution in [1.82, 2.24) is 0 Å². The van der Waals surface area contributed by atoms with Crippen molar-refractivity contribution in [3.8, 4) is 5.75 Å². The maximum Gasteiger partial charge on any atom is 0.310 e. The van der Waals surface area contributed by atoms with Gasteiger partial charge in [0.1, 0.15) is 5.75 Å². The second-order valence-corrected chi connectivity index (χ2v) is 4.11. The molecular formula is C11H10O3S. The molecule has 0 aliphatic heterocycles. The van der Waals surface area contributed by atoms with E-state index in [9.17, 15) is 9.90 Å². The van der Waals surface area contributed by atoms with Crippen LogP contribution in [0.4, 0.5) is 0 Å². The average Bonchev–Trinajstić information content (AvgIpc) is 2.61. The van der Waals surface area contributed by atoms with Gasteiger partial charge in [-0.2, -0.15) is 0 Å². The SMILES string of the molecule is COC(=O)Cc1csc2ccc(O)cc12. The molecule has 0 saturated heterocycles. The van der Waals surface area contributed by atoms with Gasteiger partial charge in [-0.25, -0.2) is 0 Å². The summed E-state index contributed by atoms with van der Waals surface area (Å²) in [6.45, 7) is 0. The van der Waals surface area contributed by atoms with Gasteiger partial charge in [-0.3, -0.25) is 4.79 Å². The lowest BCUT2D eigenvalue weighted by atomic mass is 10.1. The number of rotatable bonds is 2. The van der Waals surface area contributed by atoms with Crippen LogP contribution in [0.25, 0.3) is 10.1 Å². The van der Waals surface area contributed by atoms with E-state index in [1.54, 1.807) is 23.5 Å². The number of benzene rings is 1. The first kappa shape index (κ1) is 9.98. The fourth-order valence-corrected chi connectivity index (χ4v) is 2.38. The summed E-state index contributed by atoms with van der Waals surface area (Å²) < 4.78 is 5.67. The van der Waals surface area contributed by atoms with Crippen LogP contribution in [0, 0.1) is 0 Å². The molecule has 1 N–H and O–H groups in total. The lowest BCUT2D eigenvalue weighted by Gasteiger charge is -1.98. The molecular weight excluding hydrogens is 212 g/mol. The quantitative estimate of drug-likeness (QED) is 0.793. The number of phenols is 1. The molecule has 78 valence electrons. The second kappa shape index (κ2) is 3.90. The Morgan fingerprint density at radius 3 is 3.07 bits per heavy atom. The van der Waals surface area contributed by atoms with Crippen molar-refractivity contribution in [2.24, 2.45) is 0 Å². The summed E-state index contributed by atoms with van der Waals surface area (Å²) in [5.74, 6) is -0.0509. The number of methoxy groups -OCH3 is 1. The Morgan fingerprint density at radius 1 is 1.53 bits per heavy atom. The number of aromatic hydroxyl groups is 1. The van der Waals surface area contributed by atoms with Crippen LogP contribution >= 0.6 is 11.3 Å². The lowest BCUT2D eigenvalue weighted by molar-refractivity contribution is -0.139. The molecule has 1 aromatic carbocycles. The normalized spacial score (nSPS) is 10.5. The van der Waals surface area contributed by atoms with Gasteiger partial charge >= 0.3 is 5.97 Å². The second-order valence-electron chi connectivity index (χ2n) is 3.19. The topological polar surface area (TPSA) is 46.5 Å². The molecule has 4 heteroatoms. The summed E-state index contributed by atoms with van der Waals surface area (Å²) >= 11 is 1.56. The van der Waals surface area contributed by atoms with Gasteiger partial charge in [0.25, 0.3) is 0 Å². The molecule has 3 nitrogen and oxygen atoms in total. The third kappa shape index (κ3) is 1.94. The number of phenolic OH excluding ortho intramolecular Hbond substituents is 1. The molecule has 1 aromatic heterocycles. The van der Waals surface area contributed by atoms with Gasteiger partial charge in [0.2, 0.25) is 0 Å². The average molecular weight is 222 g/mol. The molecule has 2 aromatic rings. The van der Waals surface area contributed by atoms with E-state index in [-0.39, 0.29) is 18.1 Å². The van der Waals surface area contributed by atoms with Crippen molar-refractivity contribution < 1.29 is 14.6 Å². The minimum absolute atomic E-state index is 0.215. The number of carbonyl (C=O) groups is 1. The van der Waals surface area contributed by atoms with E-state index >= 15 is 0 Å². The van der Waals surface area contributed by atoms with E-state index in [1.807, 2.05) is 11.4 Å². The first-order chi connectivity index (χ1) is 7.20. The molecule has 0 aliphatic rings. The number of thiophene rings is 1. The standard InChI is InChI=1S/C11H10O3S/c1-14-11(13)4-7-6-15-10-3-2-8(12)5-9(7)10/h2-3,5-6,12H,4H2,1H3. The third-order valence-electron chi connectivity index (χ3n) is 2.20. The molecule has 0 aliphatic carbocycles. The van der Waals surface area contributed by atoms with Crippen LogP contribution in [0.15, 0.2) is 23.6 Å². The number of hydrogen-bond donors (Lipinski definition) is 1. The Kier molecular flexibility index (Phi) is 2.60. The zero-order valence-electron chi connectivity index (χ0n) is 8.19. The van der Waals surface area contributed by atoms with E-state index in [0.29, 0.717) is 0 Å². The van der Waals surface area contributed by atoms with Crippen molar-refractivity contribution in [1.29, 1.82) is 0 Å². The van der Waals surface area contributed by atoms with Crippen molar-refractivity contribution >= 4 is 27.4 Å². The zero-order valence-corrected chi connectivity index (χ0v) is 9.00. The zero-order chi connectivity index (χ0) is 10.8. The summed E-state index contributed by atoms with van der Waals surface area (Å²) in [4.78, 5) is 11.1. The van der Waals surface area contributed by atoms with Gasteiger partial charge in [0.15, 0.2) is 0 Å². The largest absolute Gasteiger partial charge is 0.508 e. The van der Waals surface area contributed by atoms with Crippen molar-refractivity contribution in [2.45, 2.75) is 6.42 Å². The Hall–Kier alpha value is -1.55. The summed E-state index contributed by atoms with van der Waals surface area (Å²) in [5.41, 5.74) is 0.901. The maximum atomic E-state index is 11.1. The Morgan fingerprint density at radius 2 is 2.33 bits per heavy atom. The van der Waals surface area contributed by atoms with Crippen LogP contribution in [0.2, 0.25) is 0 Å². The van der Waals surface area contributed by atoms with Crippen LogP contribution < -0.4 is 0 Å². The predicted octanol–water partition coefficient (Wildman–Crippen LogP) is 2.32. The number of esters is 1. The Labute approximate surface area is 90.9 Å². The third-order valence-corrected chi connectivity index (χ3v) is 3.21. The summed E-state index contributed by atoms with van der Waals surface area (Å²) in [6.07, 6.45) is 0.250. The summed E-state index contributed by atoms with van der Waals surface area (Å²) in [6, 6.07) is 5.15. The Balaban J connectivity index is 2.43. The number of fused-ring (bicyclic) bond motifs is 1. The molecule has 0 radical (unpaired) electrons. The molecule has 0 unspecified atom stereocenters. The highest BCUT2D eigenvalue weighted by atomic mass is 32.1. The Bertz CT molecular complexity index is 502. The number of hydrogen-bond acceptors (Lipinski definition) is 4. The highest BCUT2D eigenvalue weighted by Gasteiger charge is 2.09. The van der Waals surface area contributed by atoms with Crippen LogP contribution in [0.3, 0.4) is 0 Å². The monoisotopic (exact) mass is 222 g/mol. The van der Waals surface area contributed by atoms with Crippen LogP contribution in [-0.2, 0) is 16.0 Å². The lowest BCUT2D eigenvalue weighted by Crippen LogP contribution is -2.03. The first-order valence-electron chi connectivity index (χ1n) is 4.46. The van der Waals surface area contributed by atoms with Crippen molar-refractivity contribution in [3.63, 3.8) is 0 Å². The van der Waals surface area contributed by atoms with Crippen LogP contribution in [0.1, 0.15) is 5.56 Å². The van der Waals surface area contributed by atoms with Gasteiger partial charge in [-0.05, 0) is 34.5 Å². The molecule has 0 saturated carbocycles. The van der Waals surface area contributed by atoms with E-state index in [4.69, 9.17) is 0 Å². The minimum Gasteiger partial charge on any atom is -0.508 e. The number of carbonyl (C=O) groups excluding carboxylic acids is 1. The smallest absolute Gasteiger partial charge is 0.310 e. The van der Waals surface area contributed by atoms with Crippen LogP contribution in [0.5, 0.6) is 5.75 Å². The van der Waals surface area contributed by atoms with Gasteiger partial charge in [0.05, 0.1) is 13.5 Å². The molecule has 0 fully saturated rings. The first-order valence-corrected chi connectivity index (χ1v) is 5.34. The van der Waals surface area contributed by atoms with E-state index < -0.39 is 0 Å². The fraction of sp³-hybridized carbons (Fsp3) is 0.182. The molecule has 2 rings (SSSR count). The predicted molar refractivity (Wildman–Crippen MR) is 59.2 cm³/mol. The summed E-state index contributed by atoms with van der Waals surface area (Å²) in [5, 5.41) is 12.2. The van der Waals surface area contributed by atoms with E-state index in [2.05, 4.69) is 4.74 Å². The molecule has 0 bridgehead atoms. The highest BCUT2D eigenvalue weighted by molar-refractivity contribution is 7.17.